The number of nitrogens with one attached hydrogen (secondary N) is 1. The van der Waals surface area contributed by atoms with Gasteiger partial charge in [0, 0.05) is 8.95 Å². The molecule has 16 heavy (non-hydrogen) atoms. The molecule has 0 atom stereocenters. The number of benzene rings is 1. The minimum absolute atomic E-state index is 0.0589. The van der Waals surface area contributed by atoms with Gasteiger partial charge in [-0.05, 0) is 34.1 Å². The minimum atomic E-state index is -3.60. The first-order valence-electron chi connectivity index (χ1n) is 4.06. The predicted octanol–water partition coefficient (Wildman–Crippen LogP) is 1.78. The fraction of sp³-hybridized carbons (Fsp3) is 0.125. The molecule has 0 unspecified atom stereocenters. The van der Waals surface area contributed by atoms with E-state index in [4.69, 9.17) is 5.73 Å². The number of hydrogen-bond donors (Lipinski definition) is 2. The van der Waals surface area contributed by atoms with Crippen molar-refractivity contribution in [2.75, 3.05) is 6.54 Å². The number of rotatable bonds is 4. The van der Waals surface area contributed by atoms with E-state index in [1.807, 2.05) is 0 Å². The van der Waals surface area contributed by atoms with Gasteiger partial charge in [-0.1, -0.05) is 28.1 Å². The summed E-state index contributed by atoms with van der Waals surface area (Å²) in [5, 5.41) is 0. The quantitative estimate of drug-likeness (QED) is 0.772. The van der Waals surface area contributed by atoms with E-state index in [0.29, 0.717) is 8.95 Å². The molecule has 0 aliphatic carbocycles. The molecule has 0 spiro atoms. The highest BCUT2D eigenvalue weighted by Crippen LogP contribution is 2.25. The van der Waals surface area contributed by atoms with Gasteiger partial charge in [-0.2, -0.15) is 0 Å². The van der Waals surface area contributed by atoms with Gasteiger partial charge in [0.25, 0.3) is 0 Å². The summed E-state index contributed by atoms with van der Waals surface area (Å²) < 4.78 is 27.1. The maximum absolute atomic E-state index is 11.8. The van der Waals surface area contributed by atoms with Crippen LogP contribution in [0.1, 0.15) is 0 Å². The average molecular weight is 388 g/mol. The third kappa shape index (κ3) is 3.77. The first-order valence-corrected chi connectivity index (χ1v) is 7.53. The molecular formula is C8H8Br2N2O2S2. The van der Waals surface area contributed by atoms with Gasteiger partial charge >= 0.3 is 0 Å². The molecule has 3 N–H and O–H groups in total. The summed E-state index contributed by atoms with van der Waals surface area (Å²) in [6.45, 7) is -0.0589. The van der Waals surface area contributed by atoms with Gasteiger partial charge in [-0.15, -0.1) is 0 Å². The van der Waals surface area contributed by atoms with Crippen LogP contribution < -0.4 is 10.5 Å². The summed E-state index contributed by atoms with van der Waals surface area (Å²) >= 11 is 11.0. The molecule has 1 aromatic carbocycles. The third-order valence-corrected chi connectivity index (χ3v) is 4.65. The Bertz CT molecular complexity index is 517. The van der Waals surface area contributed by atoms with Crippen LogP contribution in [0.5, 0.6) is 0 Å². The van der Waals surface area contributed by atoms with Crippen LogP contribution in [-0.2, 0) is 10.0 Å². The summed E-state index contributed by atoms with van der Waals surface area (Å²) in [4.78, 5) is 0.229. The summed E-state index contributed by atoms with van der Waals surface area (Å²) in [7, 11) is -3.60. The molecule has 0 heterocycles. The molecule has 0 fully saturated rings. The molecule has 1 aromatic rings. The van der Waals surface area contributed by atoms with E-state index in [2.05, 4.69) is 48.8 Å². The Labute approximate surface area is 116 Å². The van der Waals surface area contributed by atoms with E-state index >= 15 is 0 Å². The lowest BCUT2D eigenvalue weighted by Crippen LogP contribution is -2.32. The van der Waals surface area contributed by atoms with Crippen LogP contribution >= 0.6 is 44.1 Å². The van der Waals surface area contributed by atoms with Gasteiger partial charge in [0.05, 0.1) is 16.4 Å². The van der Waals surface area contributed by atoms with Crippen molar-refractivity contribution in [2.45, 2.75) is 4.90 Å². The Kier molecular flexibility index (Phi) is 4.87. The lowest BCUT2D eigenvalue weighted by molar-refractivity contribution is 0.586. The molecule has 0 aliphatic heterocycles. The molecule has 88 valence electrons. The van der Waals surface area contributed by atoms with Crippen LogP contribution in [0.2, 0.25) is 0 Å². The van der Waals surface area contributed by atoms with Gasteiger partial charge in [0.1, 0.15) is 0 Å². The summed E-state index contributed by atoms with van der Waals surface area (Å²) in [5.74, 6) is 0. The van der Waals surface area contributed by atoms with Gasteiger partial charge < -0.3 is 5.73 Å². The monoisotopic (exact) mass is 386 g/mol. The average Bonchev–Trinajstić information content (AvgIpc) is 2.19. The van der Waals surface area contributed by atoms with Gasteiger partial charge in [0.15, 0.2) is 0 Å². The molecule has 0 aromatic heterocycles. The van der Waals surface area contributed by atoms with Crippen molar-refractivity contribution in [1.29, 1.82) is 0 Å². The zero-order valence-corrected chi connectivity index (χ0v) is 12.7. The Balaban J connectivity index is 3.07. The van der Waals surface area contributed by atoms with Crippen molar-refractivity contribution < 1.29 is 8.42 Å². The molecule has 0 radical (unpaired) electrons. The summed E-state index contributed by atoms with van der Waals surface area (Å²) in [6.07, 6.45) is 0. The molecule has 0 bridgehead atoms. The Morgan fingerprint density at radius 1 is 1.44 bits per heavy atom. The van der Waals surface area contributed by atoms with Crippen LogP contribution in [0.3, 0.4) is 0 Å². The smallest absolute Gasteiger partial charge is 0.242 e. The van der Waals surface area contributed by atoms with E-state index < -0.39 is 10.0 Å². The fourth-order valence-corrected chi connectivity index (χ4v) is 3.60. The Morgan fingerprint density at radius 3 is 2.62 bits per heavy atom. The van der Waals surface area contributed by atoms with E-state index in [1.165, 1.54) is 6.07 Å². The predicted molar refractivity (Wildman–Crippen MR) is 73.8 cm³/mol. The van der Waals surface area contributed by atoms with Gasteiger partial charge in [-0.3, -0.25) is 0 Å². The van der Waals surface area contributed by atoms with E-state index in [0.717, 1.165) is 0 Å². The molecular weight excluding hydrogens is 380 g/mol. The molecule has 1 rings (SSSR count). The topological polar surface area (TPSA) is 72.2 Å². The SMILES string of the molecule is NC(=S)CNS(=O)(=O)c1cc(Br)ccc1Br. The summed E-state index contributed by atoms with van der Waals surface area (Å²) in [5.41, 5.74) is 5.23. The number of hydrogen-bond acceptors (Lipinski definition) is 3. The van der Waals surface area contributed by atoms with Crippen LogP contribution in [0.4, 0.5) is 0 Å². The van der Waals surface area contributed by atoms with Crippen LogP contribution in [0, 0.1) is 0 Å². The molecule has 0 saturated carbocycles. The highest BCUT2D eigenvalue weighted by molar-refractivity contribution is 9.11. The second-order valence-electron chi connectivity index (χ2n) is 2.87. The Hall–Kier alpha value is -0.0200. The molecule has 0 saturated heterocycles. The normalized spacial score (nSPS) is 11.4. The molecule has 8 heteroatoms. The van der Waals surface area contributed by atoms with Crippen molar-refractivity contribution in [3.63, 3.8) is 0 Å². The van der Waals surface area contributed by atoms with Crippen molar-refractivity contribution >= 4 is 59.1 Å². The van der Waals surface area contributed by atoms with Crippen molar-refractivity contribution in [1.82, 2.24) is 4.72 Å². The van der Waals surface area contributed by atoms with Gasteiger partial charge in [-0.25, -0.2) is 13.1 Å². The summed E-state index contributed by atoms with van der Waals surface area (Å²) in [6, 6.07) is 4.86. The first kappa shape index (κ1) is 14.0. The molecule has 0 amide bonds. The van der Waals surface area contributed by atoms with Gasteiger partial charge in [0.2, 0.25) is 10.0 Å². The van der Waals surface area contributed by atoms with Crippen molar-refractivity contribution in [2.24, 2.45) is 5.73 Å². The van der Waals surface area contributed by atoms with Crippen molar-refractivity contribution in [3.8, 4) is 0 Å². The lowest BCUT2D eigenvalue weighted by atomic mass is 10.4. The molecule has 4 nitrogen and oxygen atoms in total. The largest absolute Gasteiger partial charge is 0.392 e. The maximum Gasteiger partial charge on any atom is 0.242 e. The zero-order valence-electron chi connectivity index (χ0n) is 7.91. The second kappa shape index (κ2) is 5.54. The standard InChI is InChI=1S/C8H8Br2N2O2S2/c9-5-1-2-6(10)7(3-5)16(13,14)12-4-8(11)15/h1-3,12H,4H2,(H2,11,15). The highest BCUT2D eigenvalue weighted by atomic mass is 79.9. The number of sulfonamides is 1. The molecule has 0 aliphatic rings. The lowest BCUT2D eigenvalue weighted by Gasteiger charge is -2.08. The van der Waals surface area contributed by atoms with Crippen LogP contribution in [-0.4, -0.2) is 20.0 Å². The minimum Gasteiger partial charge on any atom is -0.392 e. The van der Waals surface area contributed by atoms with E-state index in [9.17, 15) is 8.42 Å². The van der Waals surface area contributed by atoms with E-state index in [1.54, 1.807) is 12.1 Å². The Morgan fingerprint density at radius 2 is 2.06 bits per heavy atom. The fourth-order valence-electron chi connectivity index (χ4n) is 0.927. The van der Waals surface area contributed by atoms with Crippen molar-refractivity contribution in [3.05, 3.63) is 27.1 Å². The van der Waals surface area contributed by atoms with Crippen LogP contribution in [0.25, 0.3) is 0 Å². The zero-order chi connectivity index (χ0) is 12.3. The van der Waals surface area contributed by atoms with E-state index in [-0.39, 0.29) is 16.4 Å². The highest BCUT2D eigenvalue weighted by Gasteiger charge is 2.17. The number of halogens is 2. The first-order chi connectivity index (χ1) is 7.33. The number of nitrogens with two attached hydrogens (primary N) is 1. The van der Waals surface area contributed by atoms with Crippen LogP contribution in [0.15, 0.2) is 32.0 Å². The third-order valence-electron chi connectivity index (χ3n) is 1.62. The number of thiocarbonyl (C=S) groups is 1. The second-order valence-corrected chi connectivity index (χ2v) is 6.90. The maximum atomic E-state index is 11.8.